The summed E-state index contributed by atoms with van der Waals surface area (Å²) in [4.78, 5) is 22.7. The molecule has 2 rings (SSSR count). The van der Waals surface area contributed by atoms with Gasteiger partial charge in [0.1, 0.15) is 0 Å². The molecular formula is C13H17N3O2S2. The monoisotopic (exact) mass is 311 g/mol. The predicted octanol–water partition coefficient (Wildman–Crippen LogP) is 1.18. The lowest BCUT2D eigenvalue weighted by atomic mass is 10.2. The van der Waals surface area contributed by atoms with Crippen molar-refractivity contribution in [2.24, 2.45) is 5.73 Å². The Hall–Kier alpha value is -1.18. The van der Waals surface area contributed by atoms with Gasteiger partial charge in [0.2, 0.25) is 11.8 Å². The van der Waals surface area contributed by atoms with Crippen LogP contribution in [0.4, 0.5) is 5.69 Å². The maximum atomic E-state index is 11.7. The lowest BCUT2D eigenvalue weighted by Crippen LogP contribution is -2.36. The second kappa shape index (κ2) is 7.56. The van der Waals surface area contributed by atoms with Crippen LogP contribution in [0.1, 0.15) is 10.1 Å². The molecule has 1 aromatic carbocycles. The number of rotatable bonds is 5. The van der Waals surface area contributed by atoms with Crippen LogP contribution in [0.25, 0.3) is 0 Å². The van der Waals surface area contributed by atoms with E-state index in [0.717, 1.165) is 17.2 Å². The number of carbonyl (C=O) groups excluding carboxylic acids is 2. The Bertz CT molecular complexity index is 490. The summed E-state index contributed by atoms with van der Waals surface area (Å²) in [6.45, 7) is -0.175. The van der Waals surface area contributed by atoms with Crippen LogP contribution in [0.15, 0.2) is 24.3 Å². The number of amides is 2. The minimum atomic E-state index is -0.340. The van der Waals surface area contributed by atoms with Gasteiger partial charge >= 0.3 is 0 Å². The molecule has 0 saturated carbocycles. The molecule has 20 heavy (non-hydrogen) atoms. The highest BCUT2D eigenvalue weighted by Gasteiger charge is 2.18. The highest BCUT2D eigenvalue weighted by molar-refractivity contribution is 8.19. The SMILES string of the molecule is NCC(=O)NCC(=O)Nc1cccc(C2SCCS2)c1. The maximum Gasteiger partial charge on any atom is 0.243 e. The normalized spacial score (nSPS) is 15.1. The largest absolute Gasteiger partial charge is 0.346 e. The molecule has 1 fully saturated rings. The van der Waals surface area contributed by atoms with Gasteiger partial charge in [0.25, 0.3) is 0 Å². The first-order valence-electron chi connectivity index (χ1n) is 6.29. The van der Waals surface area contributed by atoms with Crippen molar-refractivity contribution in [1.82, 2.24) is 5.32 Å². The van der Waals surface area contributed by atoms with Crippen LogP contribution in [0.3, 0.4) is 0 Å². The number of hydrogen-bond acceptors (Lipinski definition) is 5. The van der Waals surface area contributed by atoms with Crippen LogP contribution in [0, 0.1) is 0 Å². The molecule has 0 aromatic heterocycles. The zero-order valence-electron chi connectivity index (χ0n) is 10.9. The number of thioether (sulfide) groups is 2. The van der Waals surface area contributed by atoms with E-state index in [-0.39, 0.29) is 24.9 Å². The molecule has 1 heterocycles. The van der Waals surface area contributed by atoms with Gasteiger partial charge in [-0.3, -0.25) is 9.59 Å². The molecular weight excluding hydrogens is 294 g/mol. The molecule has 0 unspecified atom stereocenters. The van der Waals surface area contributed by atoms with E-state index in [4.69, 9.17) is 5.73 Å². The third-order valence-electron chi connectivity index (χ3n) is 2.70. The molecule has 2 amide bonds. The minimum Gasteiger partial charge on any atom is -0.346 e. The van der Waals surface area contributed by atoms with Crippen LogP contribution in [0.2, 0.25) is 0 Å². The van der Waals surface area contributed by atoms with Crippen LogP contribution in [0.5, 0.6) is 0 Å². The Morgan fingerprint density at radius 3 is 2.70 bits per heavy atom. The first kappa shape index (κ1) is 15.2. The smallest absolute Gasteiger partial charge is 0.243 e. The summed E-state index contributed by atoms with van der Waals surface area (Å²) in [5.74, 6) is 1.73. The number of anilines is 1. The van der Waals surface area contributed by atoms with E-state index >= 15 is 0 Å². The third kappa shape index (κ3) is 4.43. The fraction of sp³-hybridized carbons (Fsp3) is 0.385. The van der Waals surface area contributed by atoms with Crippen LogP contribution >= 0.6 is 23.5 Å². The van der Waals surface area contributed by atoms with Gasteiger partial charge in [-0.1, -0.05) is 12.1 Å². The fourth-order valence-electron chi connectivity index (χ4n) is 1.77. The highest BCUT2D eigenvalue weighted by Crippen LogP contribution is 2.45. The first-order chi connectivity index (χ1) is 9.69. The number of carbonyl (C=O) groups is 2. The molecule has 0 bridgehead atoms. The van der Waals surface area contributed by atoms with Crippen LogP contribution in [-0.4, -0.2) is 36.4 Å². The van der Waals surface area contributed by atoms with E-state index in [9.17, 15) is 9.59 Å². The first-order valence-corrected chi connectivity index (χ1v) is 8.38. The van der Waals surface area contributed by atoms with Crippen molar-refractivity contribution in [2.75, 3.05) is 29.9 Å². The molecule has 4 N–H and O–H groups in total. The third-order valence-corrected chi connectivity index (χ3v) is 5.80. The van der Waals surface area contributed by atoms with E-state index in [1.807, 2.05) is 41.7 Å². The Morgan fingerprint density at radius 1 is 1.25 bits per heavy atom. The van der Waals surface area contributed by atoms with Crippen molar-refractivity contribution >= 4 is 41.0 Å². The minimum absolute atomic E-state index is 0.0623. The van der Waals surface area contributed by atoms with Gasteiger partial charge in [0.05, 0.1) is 17.7 Å². The molecule has 1 aromatic rings. The molecule has 1 saturated heterocycles. The predicted molar refractivity (Wildman–Crippen MR) is 84.8 cm³/mol. The topological polar surface area (TPSA) is 84.2 Å². The second-order valence-electron chi connectivity index (χ2n) is 4.23. The fourth-order valence-corrected chi connectivity index (χ4v) is 4.61. The summed E-state index contributed by atoms with van der Waals surface area (Å²) < 4.78 is 0.448. The summed E-state index contributed by atoms with van der Waals surface area (Å²) in [5, 5.41) is 5.21. The van der Waals surface area contributed by atoms with Gasteiger partial charge in [-0.05, 0) is 17.7 Å². The second-order valence-corrected chi connectivity index (χ2v) is 6.95. The van der Waals surface area contributed by atoms with Crippen molar-refractivity contribution in [3.63, 3.8) is 0 Å². The quantitative estimate of drug-likeness (QED) is 0.760. The lowest BCUT2D eigenvalue weighted by molar-refractivity contribution is -0.123. The van der Waals surface area contributed by atoms with Gasteiger partial charge in [-0.2, -0.15) is 0 Å². The molecule has 0 radical (unpaired) electrons. The summed E-state index contributed by atoms with van der Waals surface area (Å²) in [7, 11) is 0. The van der Waals surface area contributed by atoms with E-state index in [1.54, 1.807) is 0 Å². The van der Waals surface area contributed by atoms with Crippen LogP contribution in [-0.2, 0) is 9.59 Å². The number of benzene rings is 1. The molecule has 5 nitrogen and oxygen atoms in total. The zero-order valence-corrected chi connectivity index (χ0v) is 12.6. The lowest BCUT2D eigenvalue weighted by Gasteiger charge is -2.11. The number of nitrogens with one attached hydrogen (secondary N) is 2. The van der Waals surface area contributed by atoms with E-state index in [1.165, 1.54) is 5.56 Å². The Morgan fingerprint density at radius 2 is 2.00 bits per heavy atom. The van der Waals surface area contributed by atoms with Crippen molar-refractivity contribution in [2.45, 2.75) is 4.58 Å². The Balaban J connectivity index is 1.90. The van der Waals surface area contributed by atoms with E-state index < -0.39 is 0 Å². The average Bonchev–Trinajstić information content (AvgIpc) is 2.99. The summed E-state index contributed by atoms with van der Waals surface area (Å²) in [5.41, 5.74) is 7.11. The number of nitrogens with two attached hydrogens (primary N) is 1. The summed E-state index contributed by atoms with van der Waals surface area (Å²) in [6.07, 6.45) is 0. The van der Waals surface area contributed by atoms with E-state index in [0.29, 0.717) is 4.58 Å². The maximum absolute atomic E-state index is 11.7. The highest BCUT2D eigenvalue weighted by atomic mass is 32.2. The van der Waals surface area contributed by atoms with Crippen molar-refractivity contribution in [3.05, 3.63) is 29.8 Å². The van der Waals surface area contributed by atoms with Gasteiger partial charge in [0, 0.05) is 17.2 Å². The molecule has 0 atom stereocenters. The zero-order chi connectivity index (χ0) is 14.4. The molecule has 108 valence electrons. The number of hydrogen-bond donors (Lipinski definition) is 3. The molecule has 0 spiro atoms. The standard InChI is InChI=1S/C13H17N3O2S2/c14-7-11(17)15-8-12(18)16-10-3-1-2-9(6-10)13-19-4-5-20-13/h1-3,6,13H,4-5,7-8,14H2,(H,15,17)(H,16,18). The van der Waals surface area contributed by atoms with Gasteiger partial charge < -0.3 is 16.4 Å². The summed E-state index contributed by atoms with van der Waals surface area (Å²) >= 11 is 3.84. The van der Waals surface area contributed by atoms with Gasteiger partial charge in [0.15, 0.2) is 0 Å². The molecule has 0 aliphatic carbocycles. The van der Waals surface area contributed by atoms with Gasteiger partial charge in [-0.15, -0.1) is 23.5 Å². The van der Waals surface area contributed by atoms with Crippen molar-refractivity contribution < 1.29 is 9.59 Å². The van der Waals surface area contributed by atoms with Crippen LogP contribution < -0.4 is 16.4 Å². The Kier molecular flexibility index (Phi) is 5.75. The molecule has 1 aliphatic rings. The molecule has 7 heteroatoms. The Labute approximate surface area is 126 Å². The van der Waals surface area contributed by atoms with Crippen molar-refractivity contribution in [3.8, 4) is 0 Å². The van der Waals surface area contributed by atoms with Gasteiger partial charge in [-0.25, -0.2) is 0 Å². The van der Waals surface area contributed by atoms with E-state index in [2.05, 4.69) is 16.7 Å². The summed E-state index contributed by atoms with van der Waals surface area (Å²) in [6, 6.07) is 7.83. The molecule has 1 aliphatic heterocycles. The average molecular weight is 311 g/mol. The van der Waals surface area contributed by atoms with Crippen molar-refractivity contribution in [1.29, 1.82) is 0 Å².